The van der Waals surface area contributed by atoms with Crippen LogP contribution >= 0.6 is 0 Å². The smallest absolute Gasteiger partial charge is 0.311 e. The predicted molar refractivity (Wildman–Crippen MR) is 93.3 cm³/mol. The highest BCUT2D eigenvalue weighted by Gasteiger charge is 2.21. The Hall–Kier alpha value is -2.96. The molecule has 7 heteroatoms. The van der Waals surface area contributed by atoms with Gasteiger partial charge in [0.15, 0.2) is 17.2 Å². The first-order valence-corrected chi connectivity index (χ1v) is 7.59. The first-order chi connectivity index (χ1) is 12.0. The van der Waals surface area contributed by atoms with E-state index >= 15 is 0 Å². The van der Waals surface area contributed by atoms with Gasteiger partial charge in [0.25, 0.3) is 0 Å². The molecule has 0 saturated carbocycles. The summed E-state index contributed by atoms with van der Waals surface area (Å²) in [6.07, 6.45) is 0. The van der Waals surface area contributed by atoms with Crippen molar-refractivity contribution in [3.63, 3.8) is 0 Å². The van der Waals surface area contributed by atoms with Gasteiger partial charge in [0.05, 0.1) is 33.4 Å². The van der Waals surface area contributed by atoms with Gasteiger partial charge < -0.3 is 18.9 Å². The van der Waals surface area contributed by atoms with Gasteiger partial charge in [0.2, 0.25) is 5.75 Å². The van der Waals surface area contributed by atoms with Crippen molar-refractivity contribution in [3.05, 3.63) is 51.6 Å². The van der Waals surface area contributed by atoms with Crippen LogP contribution in [0.3, 0.4) is 0 Å². The van der Waals surface area contributed by atoms with Gasteiger partial charge in [-0.15, -0.1) is 0 Å². The van der Waals surface area contributed by atoms with E-state index in [1.165, 1.54) is 20.3 Å². The number of methoxy groups -OCH3 is 4. The molecule has 2 aromatic carbocycles. The van der Waals surface area contributed by atoms with Crippen LogP contribution in [0.4, 0.5) is 5.69 Å². The third kappa shape index (κ3) is 3.60. The highest BCUT2D eigenvalue weighted by Crippen LogP contribution is 2.42. The second kappa shape index (κ2) is 7.74. The molecule has 1 atom stereocenters. The highest BCUT2D eigenvalue weighted by atomic mass is 16.6. The van der Waals surface area contributed by atoms with Crippen LogP contribution in [0, 0.1) is 10.1 Å². The van der Waals surface area contributed by atoms with Crippen LogP contribution in [-0.4, -0.2) is 33.4 Å². The van der Waals surface area contributed by atoms with Crippen molar-refractivity contribution < 1.29 is 23.9 Å². The Morgan fingerprint density at radius 3 is 1.84 bits per heavy atom. The third-order valence-electron chi connectivity index (χ3n) is 4.09. The molecule has 0 amide bonds. The third-order valence-corrected chi connectivity index (χ3v) is 4.09. The zero-order chi connectivity index (χ0) is 18.6. The van der Waals surface area contributed by atoms with Gasteiger partial charge in [0.1, 0.15) is 0 Å². The summed E-state index contributed by atoms with van der Waals surface area (Å²) in [6, 6.07) is 8.60. The number of nitrogens with zero attached hydrogens (tertiary/aromatic N) is 1. The minimum Gasteiger partial charge on any atom is -0.493 e. The molecule has 0 spiro atoms. The molecule has 0 aliphatic heterocycles. The summed E-state index contributed by atoms with van der Waals surface area (Å²) in [6.45, 7) is 1.95. The fraction of sp³-hybridized carbons (Fsp3) is 0.333. The molecule has 0 N–H and O–H groups in total. The Kier molecular flexibility index (Phi) is 5.69. The lowest BCUT2D eigenvalue weighted by molar-refractivity contribution is -0.385. The maximum absolute atomic E-state index is 11.2. The number of rotatable bonds is 7. The van der Waals surface area contributed by atoms with E-state index in [9.17, 15) is 10.1 Å². The maximum Gasteiger partial charge on any atom is 0.311 e. The summed E-state index contributed by atoms with van der Waals surface area (Å²) in [5, 5.41) is 11.2. The summed E-state index contributed by atoms with van der Waals surface area (Å²) in [5.74, 6) is 1.67. The van der Waals surface area contributed by atoms with Crippen LogP contribution in [0.2, 0.25) is 0 Å². The molecular formula is C18H21NO6. The van der Waals surface area contributed by atoms with E-state index in [2.05, 4.69) is 0 Å². The number of hydrogen-bond donors (Lipinski definition) is 0. The molecule has 0 aliphatic carbocycles. The predicted octanol–water partition coefficient (Wildman–Crippen LogP) is 3.78. The van der Waals surface area contributed by atoms with Crippen LogP contribution in [0.15, 0.2) is 30.3 Å². The number of nitro benzene ring substituents is 1. The van der Waals surface area contributed by atoms with E-state index < -0.39 is 4.92 Å². The minimum absolute atomic E-state index is 0.0701. The monoisotopic (exact) mass is 347 g/mol. The molecule has 1 unspecified atom stereocenters. The molecule has 7 nitrogen and oxygen atoms in total. The van der Waals surface area contributed by atoms with E-state index in [-0.39, 0.29) is 17.4 Å². The Balaban J connectivity index is 2.52. The molecule has 0 heterocycles. The lowest BCUT2D eigenvalue weighted by Crippen LogP contribution is -2.02. The molecule has 2 aromatic rings. The van der Waals surface area contributed by atoms with E-state index in [0.717, 1.165) is 11.1 Å². The van der Waals surface area contributed by atoms with Gasteiger partial charge in [-0.2, -0.15) is 0 Å². The SMILES string of the molecule is COc1ccc(C(C)c2cc(OC)c(OC)c(OC)c2)cc1[N+](=O)[O-]. The lowest BCUT2D eigenvalue weighted by atomic mass is 9.92. The second-order valence-corrected chi connectivity index (χ2v) is 5.37. The van der Waals surface area contributed by atoms with Crippen LogP contribution in [0.1, 0.15) is 24.0 Å². The topological polar surface area (TPSA) is 80.1 Å². The first-order valence-electron chi connectivity index (χ1n) is 7.59. The van der Waals surface area contributed by atoms with Crippen molar-refractivity contribution in [2.75, 3.05) is 28.4 Å². The molecule has 0 radical (unpaired) electrons. The molecule has 134 valence electrons. The highest BCUT2D eigenvalue weighted by molar-refractivity contribution is 5.56. The molecule has 25 heavy (non-hydrogen) atoms. The Morgan fingerprint density at radius 2 is 1.40 bits per heavy atom. The fourth-order valence-corrected chi connectivity index (χ4v) is 2.66. The molecule has 0 bridgehead atoms. The molecular weight excluding hydrogens is 326 g/mol. The van der Waals surface area contributed by atoms with E-state index in [1.807, 2.05) is 19.1 Å². The lowest BCUT2D eigenvalue weighted by Gasteiger charge is -2.18. The van der Waals surface area contributed by atoms with Crippen molar-refractivity contribution in [2.45, 2.75) is 12.8 Å². The maximum atomic E-state index is 11.2. The van der Waals surface area contributed by atoms with E-state index in [1.54, 1.807) is 26.4 Å². The van der Waals surface area contributed by atoms with Crippen molar-refractivity contribution >= 4 is 5.69 Å². The standard InChI is InChI=1S/C18H21NO6/c1-11(12-6-7-15(22-2)14(8-12)19(20)21)13-9-16(23-3)18(25-5)17(10-13)24-4/h6-11H,1-5H3. The van der Waals surface area contributed by atoms with Crippen molar-refractivity contribution in [1.82, 2.24) is 0 Å². The molecule has 0 fully saturated rings. The minimum atomic E-state index is -0.454. The van der Waals surface area contributed by atoms with Gasteiger partial charge in [-0.05, 0) is 29.3 Å². The average molecular weight is 347 g/mol. The van der Waals surface area contributed by atoms with Crippen LogP contribution in [-0.2, 0) is 0 Å². The number of benzene rings is 2. The van der Waals surface area contributed by atoms with Gasteiger partial charge in [0, 0.05) is 12.0 Å². The Bertz CT molecular complexity index is 749. The van der Waals surface area contributed by atoms with Gasteiger partial charge >= 0.3 is 5.69 Å². The molecule has 2 rings (SSSR count). The van der Waals surface area contributed by atoms with Crippen molar-refractivity contribution in [2.24, 2.45) is 0 Å². The van der Waals surface area contributed by atoms with Gasteiger partial charge in [-0.3, -0.25) is 10.1 Å². The molecule has 0 aliphatic rings. The summed E-state index contributed by atoms with van der Waals surface area (Å²) in [5.41, 5.74) is 1.59. The Morgan fingerprint density at radius 1 is 0.840 bits per heavy atom. The van der Waals surface area contributed by atoms with Crippen molar-refractivity contribution in [3.8, 4) is 23.0 Å². The van der Waals surface area contributed by atoms with E-state index in [0.29, 0.717) is 17.2 Å². The number of hydrogen-bond acceptors (Lipinski definition) is 6. The van der Waals surface area contributed by atoms with Gasteiger partial charge in [-0.1, -0.05) is 13.0 Å². The zero-order valence-corrected chi connectivity index (χ0v) is 14.9. The van der Waals surface area contributed by atoms with Crippen LogP contribution in [0.5, 0.6) is 23.0 Å². The van der Waals surface area contributed by atoms with Crippen LogP contribution in [0.25, 0.3) is 0 Å². The summed E-state index contributed by atoms with van der Waals surface area (Å²) in [7, 11) is 6.04. The van der Waals surface area contributed by atoms with E-state index in [4.69, 9.17) is 18.9 Å². The largest absolute Gasteiger partial charge is 0.493 e. The molecule has 0 aromatic heterocycles. The first kappa shape index (κ1) is 18.4. The fourth-order valence-electron chi connectivity index (χ4n) is 2.66. The quantitative estimate of drug-likeness (QED) is 0.560. The summed E-state index contributed by atoms with van der Waals surface area (Å²) in [4.78, 5) is 10.8. The zero-order valence-electron chi connectivity index (χ0n) is 14.9. The second-order valence-electron chi connectivity index (χ2n) is 5.37. The summed E-state index contributed by atoms with van der Waals surface area (Å²) >= 11 is 0. The summed E-state index contributed by atoms with van der Waals surface area (Å²) < 4.78 is 21.1. The Labute approximate surface area is 146 Å². The van der Waals surface area contributed by atoms with Crippen LogP contribution < -0.4 is 18.9 Å². The number of ether oxygens (including phenoxy) is 4. The molecule has 0 saturated heterocycles. The van der Waals surface area contributed by atoms with Crippen molar-refractivity contribution in [1.29, 1.82) is 0 Å². The normalized spacial score (nSPS) is 11.6. The van der Waals surface area contributed by atoms with Gasteiger partial charge in [-0.25, -0.2) is 0 Å². The number of nitro groups is 1. The average Bonchev–Trinajstić information content (AvgIpc) is 2.65.